The Balaban J connectivity index is 1.34. The molecule has 0 radical (unpaired) electrons. The van der Waals surface area contributed by atoms with E-state index in [9.17, 15) is 0 Å². The molecule has 0 saturated heterocycles. The Kier molecular flexibility index (Phi) is 6.63. The van der Waals surface area contributed by atoms with Gasteiger partial charge in [-0.05, 0) is 44.3 Å². The summed E-state index contributed by atoms with van der Waals surface area (Å²) >= 11 is 1.51. The number of pyridine rings is 1. The van der Waals surface area contributed by atoms with E-state index in [1.54, 1.807) is 17.8 Å². The third-order valence-corrected chi connectivity index (χ3v) is 5.56. The normalized spacial score (nSPS) is 11.2. The van der Waals surface area contributed by atoms with E-state index in [0.29, 0.717) is 19.0 Å². The number of nitrogens with zero attached hydrogens (tertiary/aromatic N) is 5. The van der Waals surface area contributed by atoms with Crippen molar-refractivity contribution in [3.05, 3.63) is 54.4 Å². The van der Waals surface area contributed by atoms with Crippen molar-refractivity contribution in [3.8, 4) is 22.9 Å². The van der Waals surface area contributed by atoms with Gasteiger partial charge in [0.05, 0.1) is 25.6 Å². The predicted octanol–water partition coefficient (Wildman–Crippen LogP) is 3.80. The smallest absolute Gasteiger partial charge is 0.214 e. The van der Waals surface area contributed by atoms with Crippen LogP contribution in [0.25, 0.3) is 16.2 Å². The summed E-state index contributed by atoms with van der Waals surface area (Å²) in [6.07, 6.45) is 4.67. The van der Waals surface area contributed by atoms with E-state index in [-0.39, 0.29) is 0 Å². The average molecular weight is 439 g/mol. The molecular weight excluding hydrogens is 412 g/mol. The largest absolute Gasteiger partial charge is 0.497 e. The van der Waals surface area contributed by atoms with Crippen LogP contribution in [0.3, 0.4) is 0 Å². The molecule has 31 heavy (non-hydrogen) atoms. The Labute approximate surface area is 185 Å². The Morgan fingerprint density at radius 1 is 1.13 bits per heavy atom. The van der Waals surface area contributed by atoms with Crippen molar-refractivity contribution in [3.63, 3.8) is 0 Å². The molecule has 0 unspecified atom stereocenters. The summed E-state index contributed by atoms with van der Waals surface area (Å²) in [6, 6.07) is 11.8. The van der Waals surface area contributed by atoms with Gasteiger partial charge in [0.1, 0.15) is 5.75 Å². The Bertz CT molecular complexity index is 1070. The van der Waals surface area contributed by atoms with Gasteiger partial charge in [0.15, 0.2) is 0 Å². The number of hydrogen-bond acceptors (Lipinski definition) is 8. The molecule has 0 aliphatic rings. The molecule has 162 valence electrons. The lowest BCUT2D eigenvalue weighted by atomic mass is 10.2. The fourth-order valence-corrected chi connectivity index (χ4v) is 3.78. The highest BCUT2D eigenvalue weighted by Crippen LogP contribution is 2.25. The lowest BCUT2D eigenvalue weighted by Crippen LogP contribution is -2.15. The number of nitrogens with one attached hydrogen (secondary N) is 1. The van der Waals surface area contributed by atoms with Gasteiger partial charge in [-0.15, -0.1) is 5.10 Å². The van der Waals surface area contributed by atoms with Crippen LogP contribution in [0, 0.1) is 0 Å². The number of aromatic nitrogens is 4. The fourth-order valence-electron chi connectivity index (χ4n) is 3.01. The fraction of sp³-hybridized carbons (Fsp3) is 0.318. The van der Waals surface area contributed by atoms with Gasteiger partial charge < -0.3 is 19.7 Å². The quantitative estimate of drug-likeness (QED) is 0.377. The molecule has 1 N–H and O–H groups in total. The van der Waals surface area contributed by atoms with E-state index < -0.39 is 0 Å². The van der Waals surface area contributed by atoms with Gasteiger partial charge in [0, 0.05) is 30.9 Å². The molecule has 0 spiro atoms. The maximum absolute atomic E-state index is 5.69. The molecule has 9 heteroatoms. The molecule has 0 atom stereocenters. The van der Waals surface area contributed by atoms with Crippen LogP contribution >= 0.6 is 11.3 Å². The zero-order chi connectivity index (χ0) is 21.6. The highest BCUT2D eigenvalue weighted by Gasteiger charge is 2.10. The second-order valence-electron chi connectivity index (χ2n) is 7.35. The molecule has 0 amide bonds. The lowest BCUT2D eigenvalue weighted by Gasteiger charge is -2.09. The topological polar surface area (TPSA) is 76.8 Å². The maximum Gasteiger partial charge on any atom is 0.214 e. The summed E-state index contributed by atoms with van der Waals surface area (Å²) in [7, 11) is 5.77. The van der Waals surface area contributed by atoms with Crippen molar-refractivity contribution in [2.75, 3.05) is 39.7 Å². The van der Waals surface area contributed by atoms with Crippen LogP contribution in [0.2, 0.25) is 0 Å². The first kappa shape index (κ1) is 21.1. The van der Waals surface area contributed by atoms with Crippen LogP contribution in [-0.4, -0.2) is 58.8 Å². The molecule has 4 aromatic rings. The van der Waals surface area contributed by atoms with Crippen molar-refractivity contribution < 1.29 is 9.47 Å². The molecule has 0 fully saturated rings. The van der Waals surface area contributed by atoms with E-state index in [2.05, 4.69) is 39.4 Å². The number of methoxy groups -OCH3 is 1. The Hall–Kier alpha value is -3.17. The first-order chi connectivity index (χ1) is 15.1. The Morgan fingerprint density at radius 3 is 2.65 bits per heavy atom. The summed E-state index contributed by atoms with van der Waals surface area (Å²) in [4.78, 5) is 12.0. The first-order valence-electron chi connectivity index (χ1n) is 10.1. The molecule has 8 nitrogen and oxygen atoms in total. The maximum atomic E-state index is 5.69. The second kappa shape index (κ2) is 9.76. The van der Waals surface area contributed by atoms with E-state index in [1.807, 2.05) is 42.6 Å². The summed E-state index contributed by atoms with van der Waals surface area (Å²) in [5.74, 6) is 1.48. The van der Waals surface area contributed by atoms with Gasteiger partial charge in [0.2, 0.25) is 16.0 Å². The average Bonchev–Trinajstić information content (AvgIpc) is 3.35. The van der Waals surface area contributed by atoms with Gasteiger partial charge in [-0.2, -0.15) is 0 Å². The first-order valence-corrected chi connectivity index (χ1v) is 10.9. The number of ether oxygens (including phenoxy) is 2. The molecule has 4 rings (SSSR count). The van der Waals surface area contributed by atoms with Crippen LogP contribution in [0.4, 0.5) is 5.13 Å². The number of benzene rings is 1. The standard InChI is InChI=1S/C22H26N6O2S/c1-27(2)11-4-12-30-20-10-7-17(14-23-20)19-15-28-22(25-19)31-21(26-28)24-13-16-5-8-18(29-3)9-6-16/h5-10,14-15H,4,11-13H2,1-3H3,(H,24,26). The van der Waals surface area contributed by atoms with Crippen molar-refractivity contribution in [2.24, 2.45) is 0 Å². The molecule has 0 bridgehead atoms. The van der Waals surface area contributed by atoms with E-state index in [0.717, 1.165) is 45.6 Å². The minimum atomic E-state index is 0.631. The van der Waals surface area contributed by atoms with Gasteiger partial charge in [0.25, 0.3) is 0 Å². The number of hydrogen-bond donors (Lipinski definition) is 1. The van der Waals surface area contributed by atoms with Gasteiger partial charge in [-0.3, -0.25) is 0 Å². The van der Waals surface area contributed by atoms with Crippen LogP contribution in [-0.2, 0) is 6.54 Å². The molecule has 0 saturated carbocycles. The van der Waals surface area contributed by atoms with Crippen molar-refractivity contribution in [1.29, 1.82) is 0 Å². The van der Waals surface area contributed by atoms with E-state index in [1.165, 1.54) is 11.3 Å². The summed E-state index contributed by atoms with van der Waals surface area (Å²) in [5.41, 5.74) is 2.93. The zero-order valence-electron chi connectivity index (χ0n) is 17.9. The van der Waals surface area contributed by atoms with Crippen molar-refractivity contribution in [2.45, 2.75) is 13.0 Å². The van der Waals surface area contributed by atoms with E-state index in [4.69, 9.17) is 9.47 Å². The van der Waals surface area contributed by atoms with Crippen molar-refractivity contribution in [1.82, 2.24) is 24.5 Å². The minimum Gasteiger partial charge on any atom is -0.497 e. The number of anilines is 1. The predicted molar refractivity (Wildman–Crippen MR) is 123 cm³/mol. The number of fused-ring (bicyclic) bond motifs is 1. The summed E-state index contributed by atoms with van der Waals surface area (Å²) < 4.78 is 12.7. The van der Waals surface area contributed by atoms with Gasteiger partial charge in [-0.1, -0.05) is 23.5 Å². The molecule has 3 aromatic heterocycles. The van der Waals surface area contributed by atoms with Crippen LogP contribution in [0.15, 0.2) is 48.8 Å². The third kappa shape index (κ3) is 5.50. The van der Waals surface area contributed by atoms with Crippen molar-refractivity contribution >= 4 is 21.4 Å². The van der Waals surface area contributed by atoms with Gasteiger partial charge in [-0.25, -0.2) is 14.5 Å². The monoisotopic (exact) mass is 438 g/mol. The van der Waals surface area contributed by atoms with Crippen LogP contribution < -0.4 is 14.8 Å². The molecule has 0 aliphatic carbocycles. The third-order valence-electron chi connectivity index (χ3n) is 4.68. The van der Waals surface area contributed by atoms with Crippen LogP contribution in [0.5, 0.6) is 11.6 Å². The summed E-state index contributed by atoms with van der Waals surface area (Å²) in [6.45, 7) is 2.34. The summed E-state index contributed by atoms with van der Waals surface area (Å²) in [5, 5.41) is 8.75. The van der Waals surface area contributed by atoms with Crippen LogP contribution in [0.1, 0.15) is 12.0 Å². The second-order valence-corrected chi connectivity index (χ2v) is 8.31. The zero-order valence-corrected chi connectivity index (χ0v) is 18.7. The molecule has 1 aromatic carbocycles. The van der Waals surface area contributed by atoms with E-state index >= 15 is 0 Å². The Morgan fingerprint density at radius 2 is 1.97 bits per heavy atom. The highest BCUT2D eigenvalue weighted by molar-refractivity contribution is 7.20. The molecular formula is C22H26N6O2S. The highest BCUT2D eigenvalue weighted by atomic mass is 32.1. The number of imidazole rings is 1. The minimum absolute atomic E-state index is 0.631. The lowest BCUT2D eigenvalue weighted by molar-refractivity contribution is 0.273. The SMILES string of the molecule is COc1ccc(CNc2nn3cc(-c4ccc(OCCCN(C)C)nc4)nc3s2)cc1. The number of rotatable bonds is 10. The molecule has 0 aliphatic heterocycles. The molecule has 3 heterocycles. The van der Waals surface area contributed by atoms with Gasteiger partial charge >= 0.3 is 0 Å².